The molecule has 3 aliphatic rings. The van der Waals surface area contributed by atoms with Crippen LogP contribution < -0.4 is 0 Å². The van der Waals surface area contributed by atoms with Gasteiger partial charge >= 0.3 is 0 Å². The normalized spacial score (nSPS) is 45.3. The molecule has 3 fully saturated rings. The SMILES string of the molecule is CCC1CC(CC)C(C2CCC(C3C(CC)CC(CC)C3COC)C2)C1COC. The summed E-state index contributed by atoms with van der Waals surface area (Å²) in [5.41, 5.74) is 0. The minimum absolute atomic E-state index is 0.808. The van der Waals surface area contributed by atoms with E-state index < -0.39 is 0 Å². The van der Waals surface area contributed by atoms with Crippen molar-refractivity contribution in [2.24, 2.45) is 59.2 Å². The molecule has 170 valence electrons. The van der Waals surface area contributed by atoms with Gasteiger partial charge in [-0.05, 0) is 91.3 Å². The standard InChI is InChI=1S/C27H50O2/c1-7-18-13-20(9-3)26(24(18)16-28-5)22-11-12-23(15-22)27-21(10-4)14-19(8-2)25(27)17-29-6/h18-27H,7-17H2,1-6H3. The molecule has 0 aromatic rings. The van der Waals surface area contributed by atoms with Crippen LogP contribution in [0.3, 0.4) is 0 Å². The van der Waals surface area contributed by atoms with Crippen molar-refractivity contribution in [3.05, 3.63) is 0 Å². The summed E-state index contributed by atoms with van der Waals surface area (Å²) in [6.07, 6.45) is 12.8. The second-order valence-corrected chi connectivity index (χ2v) is 10.9. The molecule has 10 unspecified atom stereocenters. The van der Waals surface area contributed by atoms with Gasteiger partial charge in [-0.25, -0.2) is 0 Å². The highest BCUT2D eigenvalue weighted by atomic mass is 16.5. The summed E-state index contributed by atoms with van der Waals surface area (Å²) in [7, 11) is 3.84. The van der Waals surface area contributed by atoms with E-state index in [4.69, 9.17) is 9.47 Å². The highest BCUT2D eigenvalue weighted by Crippen LogP contribution is 2.57. The van der Waals surface area contributed by atoms with Gasteiger partial charge in [0.1, 0.15) is 0 Å². The predicted octanol–water partition coefficient (Wildman–Crippen LogP) is 7.07. The summed E-state index contributed by atoms with van der Waals surface area (Å²) in [5.74, 6) is 9.00. The average Bonchev–Trinajstić information content (AvgIpc) is 3.43. The van der Waals surface area contributed by atoms with Crippen LogP contribution in [0.1, 0.15) is 85.5 Å². The van der Waals surface area contributed by atoms with Gasteiger partial charge in [0.15, 0.2) is 0 Å². The van der Waals surface area contributed by atoms with Gasteiger partial charge in [0, 0.05) is 27.4 Å². The molecule has 3 rings (SSSR count). The van der Waals surface area contributed by atoms with Gasteiger partial charge < -0.3 is 9.47 Å². The van der Waals surface area contributed by atoms with Crippen molar-refractivity contribution in [2.45, 2.75) is 85.5 Å². The van der Waals surface area contributed by atoms with Crippen LogP contribution in [0.5, 0.6) is 0 Å². The minimum Gasteiger partial charge on any atom is -0.384 e. The maximum atomic E-state index is 5.76. The van der Waals surface area contributed by atoms with Crippen molar-refractivity contribution < 1.29 is 9.47 Å². The highest BCUT2D eigenvalue weighted by molar-refractivity contribution is 5.00. The third-order valence-electron chi connectivity index (χ3n) is 9.92. The first-order valence-corrected chi connectivity index (χ1v) is 13.1. The molecule has 3 saturated carbocycles. The molecule has 0 N–H and O–H groups in total. The molecular formula is C27H50O2. The molecule has 0 spiro atoms. The Morgan fingerprint density at radius 1 is 0.552 bits per heavy atom. The lowest BCUT2D eigenvalue weighted by Crippen LogP contribution is -2.30. The smallest absolute Gasteiger partial charge is 0.0496 e. The molecule has 10 atom stereocenters. The van der Waals surface area contributed by atoms with Crippen LogP contribution in [-0.2, 0) is 9.47 Å². The molecule has 29 heavy (non-hydrogen) atoms. The second kappa shape index (κ2) is 11.0. The zero-order chi connectivity index (χ0) is 21.0. The van der Waals surface area contributed by atoms with Gasteiger partial charge in [-0.3, -0.25) is 0 Å². The van der Waals surface area contributed by atoms with E-state index in [1.807, 2.05) is 14.2 Å². The number of methoxy groups -OCH3 is 2. The van der Waals surface area contributed by atoms with Gasteiger partial charge in [0.05, 0.1) is 0 Å². The van der Waals surface area contributed by atoms with E-state index in [0.717, 1.165) is 72.4 Å². The summed E-state index contributed by atoms with van der Waals surface area (Å²) >= 11 is 0. The third-order valence-corrected chi connectivity index (χ3v) is 9.92. The lowest BCUT2D eigenvalue weighted by atomic mass is 9.72. The van der Waals surface area contributed by atoms with Crippen molar-refractivity contribution in [3.8, 4) is 0 Å². The Morgan fingerprint density at radius 2 is 0.931 bits per heavy atom. The fourth-order valence-electron chi connectivity index (χ4n) is 8.69. The Labute approximate surface area is 181 Å². The largest absolute Gasteiger partial charge is 0.384 e. The summed E-state index contributed by atoms with van der Waals surface area (Å²) in [6.45, 7) is 11.7. The van der Waals surface area contributed by atoms with Crippen molar-refractivity contribution >= 4 is 0 Å². The quantitative estimate of drug-likeness (QED) is 0.386. The molecule has 0 heterocycles. The summed E-state index contributed by atoms with van der Waals surface area (Å²) in [4.78, 5) is 0. The molecule has 0 radical (unpaired) electrons. The Morgan fingerprint density at radius 3 is 1.24 bits per heavy atom. The average molecular weight is 407 g/mol. The third kappa shape index (κ3) is 4.74. The molecule has 3 aliphatic carbocycles. The van der Waals surface area contributed by atoms with E-state index in [0.29, 0.717) is 0 Å². The maximum absolute atomic E-state index is 5.76. The Balaban J connectivity index is 1.75. The van der Waals surface area contributed by atoms with Gasteiger partial charge in [-0.15, -0.1) is 0 Å². The van der Waals surface area contributed by atoms with Crippen LogP contribution in [0.25, 0.3) is 0 Å². The first-order valence-electron chi connectivity index (χ1n) is 13.1. The van der Waals surface area contributed by atoms with E-state index in [1.54, 1.807) is 0 Å². The van der Waals surface area contributed by atoms with Crippen LogP contribution in [0, 0.1) is 59.2 Å². The Bertz CT molecular complexity index is 435. The molecule has 2 nitrogen and oxygen atoms in total. The molecule has 0 amide bonds. The Kier molecular flexibility index (Phi) is 8.93. The van der Waals surface area contributed by atoms with Crippen LogP contribution >= 0.6 is 0 Å². The zero-order valence-corrected chi connectivity index (χ0v) is 20.4. The van der Waals surface area contributed by atoms with Crippen molar-refractivity contribution in [3.63, 3.8) is 0 Å². The van der Waals surface area contributed by atoms with E-state index >= 15 is 0 Å². The van der Waals surface area contributed by atoms with E-state index in [2.05, 4.69) is 27.7 Å². The first kappa shape index (κ1) is 23.6. The number of ether oxygens (including phenoxy) is 2. The van der Waals surface area contributed by atoms with E-state index in [-0.39, 0.29) is 0 Å². The topological polar surface area (TPSA) is 18.5 Å². The van der Waals surface area contributed by atoms with Gasteiger partial charge in [-0.2, -0.15) is 0 Å². The fraction of sp³-hybridized carbons (Fsp3) is 1.00. The number of rotatable bonds is 10. The molecule has 0 bridgehead atoms. The lowest BCUT2D eigenvalue weighted by Gasteiger charge is -2.34. The molecule has 2 heteroatoms. The van der Waals surface area contributed by atoms with E-state index in [9.17, 15) is 0 Å². The van der Waals surface area contributed by atoms with Crippen LogP contribution in [0.2, 0.25) is 0 Å². The summed E-state index contributed by atoms with van der Waals surface area (Å²) in [6, 6.07) is 0. The second-order valence-electron chi connectivity index (χ2n) is 10.9. The summed E-state index contributed by atoms with van der Waals surface area (Å²) in [5, 5.41) is 0. The minimum atomic E-state index is 0.808. The first-order chi connectivity index (χ1) is 14.1. The Hall–Kier alpha value is -0.0800. The number of hydrogen-bond acceptors (Lipinski definition) is 2. The fourth-order valence-corrected chi connectivity index (χ4v) is 8.69. The number of hydrogen-bond donors (Lipinski definition) is 0. The molecular weight excluding hydrogens is 356 g/mol. The highest BCUT2D eigenvalue weighted by Gasteiger charge is 2.51. The van der Waals surface area contributed by atoms with Gasteiger partial charge in [0.2, 0.25) is 0 Å². The van der Waals surface area contributed by atoms with Crippen molar-refractivity contribution in [2.75, 3.05) is 27.4 Å². The van der Waals surface area contributed by atoms with E-state index in [1.165, 1.54) is 57.8 Å². The van der Waals surface area contributed by atoms with Crippen LogP contribution in [0.15, 0.2) is 0 Å². The molecule has 0 aromatic heterocycles. The maximum Gasteiger partial charge on any atom is 0.0496 e. The molecule has 0 aliphatic heterocycles. The monoisotopic (exact) mass is 406 g/mol. The molecule has 0 aromatic carbocycles. The van der Waals surface area contributed by atoms with Crippen molar-refractivity contribution in [1.82, 2.24) is 0 Å². The van der Waals surface area contributed by atoms with Gasteiger partial charge in [-0.1, -0.05) is 53.4 Å². The van der Waals surface area contributed by atoms with Crippen LogP contribution in [0.4, 0.5) is 0 Å². The van der Waals surface area contributed by atoms with Crippen molar-refractivity contribution in [1.29, 1.82) is 0 Å². The van der Waals surface area contributed by atoms with Gasteiger partial charge in [0.25, 0.3) is 0 Å². The summed E-state index contributed by atoms with van der Waals surface area (Å²) < 4.78 is 11.5. The lowest BCUT2D eigenvalue weighted by molar-refractivity contribution is 0.0658. The van der Waals surface area contributed by atoms with Crippen LogP contribution in [-0.4, -0.2) is 27.4 Å². The predicted molar refractivity (Wildman–Crippen MR) is 123 cm³/mol. The zero-order valence-electron chi connectivity index (χ0n) is 20.4. The molecule has 0 saturated heterocycles.